The van der Waals surface area contributed by atoms with E-state index in [1.165, 1.54) is 18.4 Å². The highest BCUT2D eigenvalue weighted by atomic mass is 16.5. The largest absolute Gasteiger partial charge is 0.497 e. The highest BCUT2D eigenvalue weighted by Gasteiger charge is 2.57. The number of fused-ring (bicyclic) bond motifs is 1. The first kappa shape index (κ1) is 13.7. The number of hydrogen-bond donors (Lipinski definition) is 1. The molecule has 1 aromatic carbocycles. The minimum Gasteiger partial charge on any atom is -0.497 e. The number of nitrogens with one attached hydrogen (secondary N) is 1. The summed E-state index contributed by atoms with van der Waals surface area (Å²) in [7, 11) is 1.71. The summed E-state index contributed by atoms with van der Waals surface area (Å²) in [5.74, 6) is 1.91. The molecule has 0 saturated heterocycles. The van der Waals surface area contributed by atoms with Gasteiger partial charge in [0.2, 0.25) is 0 Å². The van der Waals surface area contributed by atoms with E-state index in [4.69, 9.17) is 9.47 Å². The summed E-state index contributed by atoms with van der Waals surface area (Å²) < 4.78 is 11.8. The monoisotopic (exact) mass is 275 g/mol. The van der Waals surface area contributed by atoms with Crippen LogP contribution in [-0.2, 0) is 0 Å². The van der Waals surface area contributed by atoms with Gasteiger partial charge in [0.05, 0.1) is 7.11 Å². The number of ether oxygens (including phenoxy) is 2. The van der Waals surface area contributed by atoms with E-state index in [0.29, 0.717) is 11.5 Å². The van der Waals surface area contributed by atoms with Crippen molar-refractivity contribution in [2.45, 2.75) is 51.7 Å². The Morgan fingerprint density at radius 2 is 2.10 bits per heavy atom. The Kier molecular flexibility index (Phi) is 3.20. The average Bonchev–Trinajstić information content (AvgIpc) is 3.18. The van der Waals surface area contributed by atoms with Crippen molar-refractivity contribution in [3.63, 3.8) is 0 Å². The van der Waals surface area contributed by atoms with Crippen molar-refractivity contribution in [1.82, 2.24) is 5.32 Å². The normalized spacial score (nSPS) is 30.3. The summed E-state index contributed by atoms with van der Waals surface area (Å²) >= 11 is 0. The van der Waals surface area contributed by atoms with Crippen molar-refractivity contribution >= 4 is 0 Å². The van der Waals surface area contributed by atoms with Crippen LogP contribution in [-0.4, -0.2) is 19.3 Å². The first-order chi connectivity index (χ1) is 9.51. The van der Waals surface area contributed by atoms with Crippen LogP contribution in [0.15, 0.2) is 18.2 Å². The van der Waals surface area contributed by atoms with Crippen LogP contribution in [0.2, 0.25) is 0 Å². The minimum absolute atomic E-state index is 0.0680. The summed E-state index contributed by atoms with van der Waals surface area (Å²) in [4.78, 5) is 0. The third-order valence-corrected chi connectivity index (χ3v) is 5.25. The van der Waals surface area contributed by atoms with Crippen LogP contribution in [0.3, 0.4) is 0 Å². The number of methoxy groups -OCH3 is 1. The Morgan fingerprint density at radius 1 is 1.35 bits per heavy atom. The molecule has 2 aliphatic rings. The maximum Gasteiger partial charge on any atom is 0.125 e. The lowest BCUT2D eigenvalue weighted by atomic mass is 9.78. The van der Waals surface area contributed by atoms with Crippen molar-refractivity contribution < 1.29 is 9.47 Å². The fourth-order valence-corrected chi connectivity index (χ4v) is 3.32. The zero-order valence-corrected chi connectivity index (χ0v) is 13.0. The topological polar surface area (TPSA) is 30.5 Å². The predicted octanol–water partition coefficient (Wildman–Crippen LogP) is 3.69. The van der Waals surface area contributed by atoms with Gasteiger partial charge in [-0.1, -0.05) is 13.8 Å². The van der Waals surface area contributed by atoms with Crippen LogP contribution in [0.1, 0.15) is 51.6 Å². The van der Waals surface area contributed by atoms with Gasteiger partial charge < -0.3 is 14.8 Å². The number of benzene rings is 1. The second-order valence-corrected chi connectivity index (χ2v) is 6.61. The van der Waals surface area contributed by atoms with Gasteiger partial charge in [0, 0.05) is 23.4 Å². The molecule has 0 radical (unpaired) electrons. The number of hydrogen-bond acceptors (Lipinski definition) is 3. The molecule has 20 heavy (non-hydrogen) atoms. The molecular formula is C17H25NO2. The molecule has 2 atom stereocenters. The lowest BCUT2D eigenvalue weighted by Gasteiger charge is -2.44. The molecule has 0 amide bonds. The molecular weight excluding hydrogens is 250 g/mol. The molecule has 3 heteroatoms. The summed E-state index contributed by atoms with van der Waals surface area (Å²) in [6.07, 6.45) is 3.57. The highest BCUT2D eigenvalue weighted by molar-refractivity contribution is 5.45. The molecule has 3 rings (SSSR count). The fourth-order valence-electron chi connectivity index (χ4n) is 3.32. The third kappa shape index (κ3) is 2.08. The molecule has 1 aliphatic heterocycles. The Morgan fingerprint density at radius 3 is 2.70 bits per heavy atom. The van der Waals surface area contributed by atoms with Gasteiger partial charge in [-0.15, -0.1) is 0 Å². The quantitative estimate of drug-likeness (QED) is 0.909. The third-order valence-electron chi connectivity index (χ3n) is 5.25. The molecule has 1 aromatic rings. The molecule has 1 heterocycles. The molecule has 0 aromatic heterocycles. The van der Waals surface area contributed by atoms with E-state index in [0.717, 1.165) is 24.5 Å². The number of rotatable bonds is 4. The van der Waals surface area contributed by atoms with E-state index >= 15 is 0 Å². The molecule has 1 saturated carbocycles. The van der Waals surface area contributed by atoms with Crippen LogP contribution in [0.25, 0.3) is 0 Å². The van der Waals surface area contributed by atoms with Gasteiger partial charge in [0.25, 0.3) is 0 Å². The van der Waals surface area contributed by atoms with E-state index in [9.17, 15) is 0 Å². The van der Waals surface area contributed by atoms with E-state index in [1.54, 1.807) is 7.11 Å². The van der Waals surface area contributed by atoms with Crippen molar-refractivity contribution in [3.8, 4) is 11.5 Å². The molecule has 3 nitrogen and oxygen atoms in total. The SMILES string of the molecule is CCNC1CC(C)(C2(C)CC2)Oc2ccc(OC)cc21. The van der Waals surface area contributed by atoms with Crippen molar-refractivity contribution in [2.24, 2.45) is 5.41 Å². The molecule has 1 fully saturated rings. The first-order valence-corrected chi connectivity index (χ1v) is 7.62. The van der Waals surface area contributed by atoms with Gasteiger partial charge in [-0.2, -0.15) is 0 Å². The van der Waals surface area contributed by atoms with Gasteiger partial charge in [-0.3, -0.25) is 0 Å². The standard InChI is InChI=1S/C17H25NO2/c1-5-18-14-11-17(3,16(2)8-9-16)20-15-7-6-12(19-4)10-13(14)15/h6-7,10,14,18H,5,8-9,11H2,1-4H3. The summed E-state index contributed by atoms with van der Waals surface area (Å²) in [5.41, 5.74) is 1.49. The summed E-state index contributed by atoms with van der Waals surface area (Å²) in [6, 6.07) is 6.50. The van der Waals surface area contributed by atoms with Gasteiger partial charge in [-0.25, -0.2) is 0 Å². The van der Waals surface area contributed by atoms with Gasteiger partial charge in [0.15, 0.2) is 0 Å². The average molecular weight is 275 g/mol. The van der Waals surface area contributed by atoms with Gasteiger partial charge in [-0.05, 0) is 44.5 Å². The molecule has 0 spiro atoms. The van der Waals surface area contributed by atoms with Gasteiger partial charge >= 0.3 is 0 Å². The summed E-state index contributed by atoms with van der Waals surface area (Å²) in [6.45, 7) is 7.75. The summed E-state index contributed by atoms with van der Waals surface area (Å²) in [5, 5.41) is 3.61. The smallest absolute Gasteiger partial charge is 0.125 e. The predicted molar refractivity (Wildman–Crippen MR) is 80.4 cm³/mol. The first-order valence-electron chi connectivity index (χ1n) is 7.62. The molecule has 1 N–H and O–H groups in total. The maximum absolute atomic E-state index is 6.43. The zero-order valence-electron chi connectivity index (χ0n) is 13.0. The lowest BCUT2D eigenvalue weighted by Crippen LogP contribution is -2.47. The van der Waals surface area contributed by atoms with E-state index in [2.05, 4.69) is 38.2 Å². The second kappa shape index (κ2) is 4.66. The molecule has 2 unspecified atom stereocenters. The van der Waals surface area contributed by atoms with Crippen molar-refractivity contribution in [2.75, 3.05) is 13.7 Å². The molecule has 0 bridgehead atoms. The van der Waals surface area contributed by atoms with Gasteiger partial charge in [0.1, 0.15) is 17.1 Å². The van der Waals surface area contributed by atoms with E-state index < -0.39 is 0 Å². The second-order valence-electron chi connectivity index (χ2n) is 6.61. The Labute approximate surface area is 121 Å². The van der Waals surface area contributed by atoms with Crippen LogP contribution >= 0.6 is 0 Å². The van der Waals surface area contributed by atoms with Crippen LogP contribution in [0.5, 0.6) is 11.5 Å². The van der Waals surface area contributed by atoms with Crippen LogP contribution in [0.4, 0.5) is 0 Å². The van der Waals surface area contributed by atoms with Crippen molar-refractivity contribution in [3.05, 3.63) is 23.8 Å². The zero-order chi connectivity index (χ0) is 14.4. The Balaban J connectivity index is 1.98. The Hall–Kier alpha value is -1.22. The van der Waals surface area contributed by atoms with E-state index in [1.807, 2.05) is 6.07 Å². The maximum atomic E-state index is 6.43. The van der Waals surface area contributed by atoms with Crippen LogP contribution < -0.4 is 14.8 Å². The Bertz CT molecular complexity index is 510. The highest BCUT2D eigenvalue weighted by Crippen LogP contribution is 2.59. The molecule has 1 aliphatic carbocycles. The minimum atomic E-state index is -0.0680. The van der Waals surface area contributed by atoms with E-state index in [-0.39, 0.29) is 5.60 Å². The van der Waals surface area contributed by atoms with Crippen molar-refractivity contribution in [1.29, 1.82) is 0 Å². The molecule has 110 valence electrons. The van der Waals surface area contributed by atoms with Crippen LogP contribution in [0, 0.1) is 5.41 Å². The fraction of sp³-hybridized carbons (Fsp3) is 0.647. The lowest BCUT2D eigenvalue weighted by molar-refractivity contribution is -0.0133.